The van der Waals surface area contributed by atoms with Crippen LogP contribution in [0.1, 0.15) is 39.0 Å². The van der Waals surface area contributed by atoms with Crippen LogP contribution in [0.3, 0.4) is 0 Å². The van der Waals surface area contributed by atoms with Gasteiger partial charge in [-0.15, -0.1) is 0 Å². The minimum Gasteiger partial charge on any atom is -0.389 e. The maximum absolute atomic E-state index is 9.89. The van der Waals surface area contributed by atoms with E-state index in [0.29, 0.717) is 6.54 Å². The van der Waals surface area contributed by atoms with Gasteiger partial charge in [-0.25, -0.2) is 0 Å². The van der Waals surface area contributed by atoms with Crippen LogP contribution in [0.2, 0.25) is 0 Å². The number of fused-ring (bicyclic) bond motifs is 2. The van der Waals surface area contributed by atoms with Crippen molar-refractivity contribution in [3.05, 3.63) is 0 Å². The zero-order chi connectivity index (χ0) is 9.47. The van der Waals surface area contributed by atoms with Crippen molar-refractivity contribution in [3.63, 3.8) is 0 Å². The molecule has 0 heterocycles. The largest absolute Gasteiger partial charge is 0.389 e. The Bertz CT molecular complexity index is 191. The summed E-state index contributed by atoms with van der Waals surface area (Å²) < 4.78 is 0. The first-order valence-corrected chi connectivity index (χ1v) is 5.53. The fourth-order valence-corrected chi connectivity index (χ4v) is 3.27. The molecule has 13 heavy (non-hydrogen) atoms. The van der Waals surface area contributed by atoms with E-state index in [-0.39, 0.29) is 0 Å². The molecule has 4 atom stereocenters. The predicted molar refractivity (Wildman–Crippen MR) is 53.2 cm³/mol. The Labute approximate surface area is 80.5 Å². The van der Waals surface area contributed by atoms with Gasteiger partial charge in [0.1, 0.15) is 0 Å². The monoisotopic (exact) mass is 183 g/mol. The number of aliphatic hydroxyl groups is 1. The van der Waals surface area contributed by atoms with Crippen molar-refractivity contribution in [3.8, 4) is 0 Å². The predicted octanol–water partition coefficient (Wildman–Crippen LogP) is 1.52. The third-order valence-electron chi connectivity index (χ3n) is 4.03. The number of nitrogens with two attached hydrogens (primary N) is 1. The molecule has 2 aliphatic rings. The highest BCUT2D eigenvalue weighted by molar-refractivity contribution is 4.93. The zero-order valence-corrected chi connectivity index (χ0v) is 8.50. The Hall–Kier alpha value is -0.0800. The second-order valence-electron chi connectivity index (χ2n) is 5.34. The molecule has 0 aromatic carbocycles. The first-order chi connectivity index (χ1) is 6.11. The molecular weight excluding hydrogens is 162 g/mol. The molecule has 2 rings (SSSR count). The standard InChI is InChI=1S/C11H21NO/c1-11(13,7-12)6-10-5-8-2-3-9(10)4-8/h8-10,13H,2-7,12H2,1H3. The second kappa shape index (κ2) is 3.25. The fraction of sp³-hybridized carbons (Fsp3) is 1.00. The molecule has 2 fully saturated rings. The van der Waals surface area contributed by atoms with E-state index < -0.39 is 5.60 Å². The van der Waals surface area contributed by atoms with Gasteiger partial charge in [-0.1, -0.05) is 6.42 Å². The molecule has 2 heteroatoms. The van der Waals surface area contributed by atoms with Gasteiger partial charge in [0.15, 0.2) is 0 Å². The first kappa shape index (κ1) is 9.47. The third kappa shape index (κ3) is 1.89. The normalized spacial score (nSPS) is 42.2. The van der Waals surface area contributed by atoms with Crippen molar-refractivity contribution >= 4 is 0 Å². The van der Waals surface area contributed by atoms with E-state index in [1.165, 1.54) is 25.7 Å². The van der Waals surface area contributed by atoms with Gasteiger partial charge in [-0.2, -0.15) is 0 Å². The van der Waals surface area contributed by atoms with E-state index in [1.54, 1.807) is 0 Å². The summed E-state index contributed by atoms with van der Waals surface area (Å²) in [7, 11) is 0. The fourth-order valence-electron chi connectivity index (χ4n) is 3.27. The molecule has 0 radical (unpaired) electrons. The minimum atomic E-state index is -0.616. The van der Waals surface area contributed by atoms with Crippen LogP contribution in [0, 0.1) is 17.8 Å². The van der Waals surface area contributed by atoms with Crippen LogP contribution >= 0.6 is 0 Å². The molecule has 4 unspecified atom stereocenters. The number of hydrogen-bond donors (Lipinski definition) is 2. The van der Waals surface area contributed by atoms with Crippen molar-refractivity contribution in [1.82, 2.24) is 0 Å². The van der Waals surface area contributed by atoms with E-state index in [9.17, 15) is 5.11 Å². The van der Waals surface area contributed by atoms with Crippen LogP contribution < -0.4 is 5.73 Å². The molecule has 2 nitrogen and oxygen atoms in total. The van der Waals surface area contributed by atoms with Crippen LogP contribution in [0.4, 0.5) is 0 Å². The molecule has 0 amide bonds. The average Bonchev–Trinajstić information content (AvgIpc) is 2.64. The zero-order valence-electron chi connectivity index (χ0n) is 8.50. The molecule has 0 aromatic heterocycles. The van der Waals surface area contributed by atoms with Gasteiger partial charge in [0, 0.05) is 6.54 Å². The van der Waals surface area contributed by atoms with Crippen molar-refractivity contribution in [2.75, 3.05) is 6.54 Å². The average molecular weight is 183 g/mol. The molecule has 3 N–H and O–H groups in total. The highest BCUT2D eigenvalue weighted by Crippen LogP contribution is 2.50. The SMILES string of the molecule is CC(O)(CN)CC1CC2CCC1C2. The van der Waals surface area contributed by atoms with Gasteiger partial charge in [0.05, 0.1) is 5.60 Å². The van der Waals surface area contributed by atoms with Gasteiger partial charge < -0.3 is 10.8 Å². The van der Waals surface area contributed by atoms with Crippen molar-refractivity contribution in [2.24, 2.45) is 23.5 Å². The summed E-state index contributed by atoms with van der Waals surface area (Å²) in [6.45, 7) is 2.28. The van der Waals surface area contributed by atoms with E-state index in [4.69, 9.17) is 5.73 Å². The Kier molecular flexibility index (Phi) is 2.37. The Morgan fingerprint density at radius 3 is 2.62 bits per heavy atom. The van der Waals surface area contributed by atoms with Crippen LogP contribution in [0.5, 0.6) is 0 Å². The second-order valence-corrected chi connectivity index (χ2v) is 5.34. The molecule has 2 saturated carbocycles. The Morgan fingerprint density at radius 2 is 2.15 bits per heavy atom. The highest BCUT2D eigenvalue weighted by Gasteiger charge is 2.41. The van der Waals surface area contributed by atoms with Crippen LogP contribution in [0.15, 0.2) is 0 Å². The molecule has 76 valence electrons. The maximum Gasteiger partial charge on any atom is 0.0744 e. The van der Waals surface area contributed by atoms with Crippen molar-refractivity contribution in [1.29, 1.82) is 0 Å². The van der Waals surface area contributed by atoms with Gasteiger partial charge in [-0.05, 0) is 50.4 Å². The summed E-state index contributed by atoms with van der Waals surface area (Å²) in [4.78, 5) is 0. The summed E-state index contributed by atoms with van der Waals surface area (Å²) in [5.74, 6) is 2.64. The lowest BCUT2D eigenvalue weighted by molar-refractivity contribution is 0.0325. The summed E-state index contributed by atoms with van der Waals surface area (Å²) in [6, 6.07) is 0. The summed E-state index contributed by atoms with van der Waals surface area (Å²) in [5, 5.41) is 9.89. The van der Waals surface area contributed by atoms with E-state index in [2.05, 4.69) is 0 Å². The molecule has 0 saturated heterocycles. The molecule has 0 aliphatic heterocycles. The highest BCUT2D eigenvalue weighted by atomic mass is 16.3. The summed E-state index contributed by atoms with van der Waals surface area (Å²) >= 11 is 0. The molecule has 0 aromatic rings. The van der Waals surface area contributed by atoms with E-state index in [1.807, 2.05) is 6.92 Å². The van der Waals surface area contributed by atoms with Crippen LogP contribution in [0.25, 0.3) is 0 Å². The number of rotatable bonds is 3. The lowest BCUT2D eigenvalue weighted by Crippen LogP contribution is -2.37. The number of hydrogen-bond acceptors (Lipinski definition) is 2. The molecule has 2 bridgehead atoms. The van der Waals surface area contributed by atoms with Crippen LogP contribution in [-0.2, 0) is 0 Å². The quantitative estimate of drug-likeness (QED) is 0.697. The minimum absolute atomic E-state index is 0.404. The van der Waals surface area contributed by atoms with Gasteiger partial charge in [0.25, 0.3) is 0 Å². The maximum atomic E-state index is 9.89. The first-order valence-electron chi connectivity index (χ1n) is 5.53. The van der Waals surface area contributed by atoms with E-state index >= 15 is 0 Å². The Morgan fingerprint density at radius 1 is 1.38 bits per heavy atom. The Balaban J connectivity index is 1.89. The lowest BCUT2D eigenvalue weighted by Gasteiger charge is -2.29. The van der Waals surface area contributed by atoms with E-state index in [0.717, 1.165) is 24.2 Å². The van der Waals surface area contributed by atoms with Crippen molar-refractivity contribution in [2.45, 2.75) is 44.6 Å². The van der Waals surface area contributed by atoms with Crippen LogP contribution in [-0.4, -0.2) is 17.3 Å². The van der Waals surface area contributed by atoms with Gasteiger partial charge in [-0.3, -0.25) is 0 Å². The molecule has 0 spiro atoms. The summed E-state index contributed by atoms with van der Waals surface area (Å²) in [6.07, 6.45) is 6.53. The van der Waals surface area contributed by atoms with Crippen molar-refractivity contribution < 1.29 is 5.11 Å². The van der Waals surface area contributed by atoms with Gasteiger partial charge in [0.2, 0.25) is 0 Å². The topological polar surface area (TPSA) is 46.2 Å². The third-order valence-corrected chi connectivity index (χ3v) is 4.03. The smallest absolute Gasteiger partial charge is 0.0744 e. The van der Waals surface area contributed by atoms with Gasteiger partial charge >= 0.3 is 0 Å². The molecular formula is C11H21NO. The molecule has 2 aliphatic carbocycles. The summed E-state index contributed by atoms with van der Waals surface area (Å²) in [5.41, 5.74) is 4.92. The lowest BCUT2D eigenvalue weighted by atomic mass is 9.81.